The van der Waals surface area contributed by atoms with Crippen molar-refractivity contribution in [3.05, 3.63) is 70.5 Å². The van der Waals surface area contributed by atoms with Crippen molar-refractivity contribution >= 4 is 33.2 Å². The number of carbonyl (C=O) groups excluding carboxylic acids is 2. The van der Waals surface area contributed by atoms with Gasteiger partial charge in [0.25, 0.3) is 0 Å². The van der Waals surface area contributed by atoms with Crippen LogP contribution in [0.1, 0.15) is 40.9 Å². The standard InChI is InChI=1S/C29H35N5O4S/c1-19-11-12-25(16-20(19)2)30-29(36)24-9-7-14-32(17-24)39(37,38)28-21(3)31-34(22(28)4)18-27(35)33-15-13-23-8-5-6-10-26(23)33/h5-6,8,10-12,16,24H,7,9,13-15,17-18H2,1-4H3,(H,30,36)/t24-/m0/s1. The fourth-order valence-electron chi connectivity index (χ4n) is 5.59. The van der Waals surface area contributed by atoms with E-state index in [9.17, 15) is 18.0 Å². The Morgan fingerprint density at radius 1 is 1.03 bits per heavy atom. The Bertz CT molecular complexity index is 1540. The van der Waals surface area contributed by atoms with Crippen LogP contribution in [-0.4, -0.2) is 54.0 Å². The maximum atomic E-state index is 13.8. The molecule has 1 fully saturated rings. The van der Waals surface area contributed by atoms with Gasteiger partial charge in [-0.1, -0.05) is 24.3 Å². The quantitative estimate of drug-likeness (QED) is 0.504. The molecule has 1 aromatic heterocycles. The van der Waals surface area contributed by atoms with Crippen molar-refractivity contribution in [3.63, 3.8) is 0 Å². The number of aromatic nitrogens is 2. The number of hydrogen-bond acceptors (Lipinski definition) is 5. The van der Waals surface area contributed by atoms with E-state index in [2.05, 4.69) is 10.4 Å². The Morgan fingerprint density at radius 3 is 2.56 bits per heavy atom. The van der Waals surface area contributed by atoms with Crippen LogP contribution in [0.3, 0.4) is 0 Å². The number of rotatable bonds is 6. The number of aryl methyl sites for hydroxylation is 3. The van der Waals surface area contributed by atoms with Crippen LogP contribution in [0.2, 0.25) is 0 Å². The van der Waals surface area contributed by atoms with E-state index in [4.69, 9.17) is 0 Å². The number of nitrogens with one attached hydrogen (secondary N) is 1. The lowest BCUT2D eigenvalue weighted by atomic mass is 9.98. The molecule has 206 valence electrons. The van der Waals surface area contributed by atoms with Crippen molar-refractivity contribution in [1.82, 2.24) is 14.1 Å². The number of fused-ring (bicyclic) bond motifs is 1. The Kier molecular flexibility index (Phi) is 7.35. The second-order valence-electron chi connectivity index (χ2n) is 10.6. The van der Waals surface area contributed by atoms with Crippen LogP contribution in [0.4, 0.5) is 11.4 Å². The molecule has 10 heteroatoms. The average molecular weight is 550 g/mol. The molecular weight excluding hydrogens is 514 g/mol. The lowest BCUT2D eigenvalue weighted by Crippen LogP contribution is -2.44. The molecule has 39 heavy (non-hydrogen) atoms. The minimum atomic E-state index is -3.91. The van der Waals surface area contributed by atoms with Crippen LogP contribution in [0, 0.1) is 33.6 Å². The molecular formula is C29H35N5O4S. The van der Waals surface area contributed by atoms with Gasteiger partial charge < -0.3 is 10.2 Å². The third kappa shape index (κ3) is 5.23. The van der Waals surface area contributed by atoms with E-state index in [1.165, 1.54) is 8.99 Å². The van der Waals surface area contributed by atoms with Crippen LogP contribution < -0.4 is 10.2 Å². The number of carbonyl (C=O) groups is 2. The van der Waals surface area contributed by atoms with Crippen LogP contribution in [0.15, 0.2) is 47.4 Å². The number of anilines is 2. The molecule has 1 atom stereocenters. The van der Waals surface area contributed by atoms with Crippen molar-refractivity contribution in [2.24, 2.45) is 5.92 Å². The molecule has 2 aliphatic heterocycles. The molecule has 0 radical (unpaired) electrons. The molecule has 1 N–H and O–H groups in total. The number of benzene rings is 2. The monoisotopic (exact) mass is 549 g/mol. The average Bonchev–Trinajstić information content (AvgIpc) is 3.46. The minimum Gasteiger partial charge on any atom is -0.326 e. The largest absolute Gasteiger partial charge is 0.326 e. The minimum absolute atomic E-state index is 0.0441. The highest BCUT2D eigenvalue weighted by atomic mass is 32.2. The number of hydrogen-bond donors (Lipinski definition) is 1. The van der Waals surface area contributed by atoms with Crippen LogP contribution in [0.25, 0.3) is 0 Å². The number of sulfonamides is 1. The van der Waals surface area contributed by atoms with E-state index < -0.39 is 15.9 Å². The van der Waals surface area contributed by atoms with E-state index in [1.807, 2.05) is 56.3 Å². The molecule has 0 saturated carbocycles. The van der Waals surface area contributed by atoms with E-state index in [0.29, 0.717) is 43.0 Å². The highest BCUT2D eigenvalue weighted by molar-refractivity contribution is 7.89. The first-order valence-electron chi connectivity index (χ1n) is 13.4. The van der Waals surface area contributed by atoms with Gasteiger partial charge in [0.15, 0.2) is 0 Å². The van der Waals surface area contributed by atoms with Crippen molar-refractivity contribution in [1.29, 1.82) is 0 Å². The summed E-state index contributed by atoms with van der Waals surface area (Å²) in [4.78, 5) is 28.1. The highest BCUT2D eigenvalue weighted by Gasteiger charge is 2.37. The van der Waals surface area contributed by atoms with Gasteiger partial charge in [-0.05, 0) is 81.8 Å². The fraction of sp³-hybridized carbons (Fsp3) is 0.414. The first-order chi connectivity index (χ1) is 18.6. The van der Waals surface area contributed by atoms with Crippen LogP contribution in [0.5, 0.6) is 0 Å². The van der Waals surface area contributed by atoms with Crippen molar-refractivity contribution in [2.45, 2.75) is 58.4 Å². The van der Waals surface area contributed by atoms with Crippen molar-refractivity contribution < 1.29 is 18.0 Å². The SMILES string of the molecule is Cc1ccc(NC(=O)[C@H]2CCCN(S(=O)(=O)c3c(C)nn(CC(=O)N4CCc5ccccc54)c3C)C2)cc1C. The van der Waals surface area contributed by atoms with Gasteiger partial charge in [-0.25, -0.2) is 8.42 Å². The maximum absolute atomic E-state index is 13.8. The Labute approximate surface area is 229 Å². The van der Waals surface area contributed by atoms with E-state index in [1.54, 1.807) is 18.7 Å². The number of amides is 2. The zero-order valence-electron chi connectivity index (χ0n) is 22.9. The first-order valence-corrected chi connectivity index (χ1v) is 14.8. The summed E-state index contributed by atoms with van der Waals surface area (Å²) in [6, 6.07) is 13.6. The Morgan fingerprint density at radius 2 is 1.79 bits per heavy atom. The van der Waals surface area contributed by atoms with Crippen LogP contribution >= 0.6 is 0 Å². The highest BCUT2D eigenvalue weighted by Crippen LogP contribution is 2.30. The molecule has 2 aromatic carbocycles. The lowest BCUT2D eigenvalue weighted by Gasteiger charge is -2.31. The van der Waals surface area contributed by atoms with Gasteiger partial charge in [0.2, 0.25) is 21.8 Å². The molecule has 3 heterocycles. The molecule has 9 nitrogen and oxygen atoms in total. The summed E-state index contributed by atoms with van der Waals surface area (Å²) in [5.74, 6) is -0.767. The predicted octanol–water partition coefficient (Wildman–Crippen LogP) is 3.75. The van der Waals surface area contributed by atoms with Gasteiger partial charge in [0.05, 0.1) is 17.3 Å². The summed E-state index contributed by atoms with van der Waals surface area (Å²) in [7, 11) is -3.91. The molecule has 1 saturated heterocycles. The summed E-state index contributed by atoms with van der Waals surface area (Å²) >= 11 is 0. The van der Waals surface area contributed by atoms with Gasteiger partial charge in [-0.15, -0.1) is 0 Å². The van der Waals surface area contributed by atoms with E-state index >= 15 is 0 Å². The Hall–Kier alpha value is -3.50. The lowest BCUT2D eigenvalue weighted by molar-refractivity contribution is -0.121. The Balaban J connectivity index is 1.31. The zero-order chi connectivity index (χ0) is 27.9. The molecule has 0 unspecified atom stereocenters. The topological polar surface area (TPSA) is 105 Å². The van der Waals surface area contributed by atoms with Gasteiger partial charge in [0, 0.05) is 31.0 Å². The normalized spacial score (nSPS) is 17.7. The number of para-hydroxylation sites is 1. The third-order valence-electron chi connectivity index (χ3n) is 7.92. The fourth-order valence-corrected chi connectivity index (χ4v) is 7.48. The summed E-state index contributed by atoms with van der Waals surface area (Å²) in [6.07, 6.45) is 2.00. The zero-order valence-corrected chi connectivity index (χ0v) is 23.7. The second-order valence-corrected chi connectivity index (χ2v) is 12.4. The van der Waals surface area contributed by atoms with E-state index in [0.717, 1.165) is 28.8 Å². The molecule has 0 aliphatic carbocycles. The van der Waals surface area contributed by atoms with Crippen molar-refractivity contribution in [2.75, 3.05) is 29.9 Å². The molecule has 0 spiro atoms. The van der Waals surface area contributed by atoms with Gasteiger partial charge in [-0.3, -0.25) is 14.3 Å². The molecule has 3 aromatic rings. The third-order valence-corrected chi connectivity index (χ3v) is 10.0. The molecule has 2 amide bonds. The van der Waals surface area contributed by atoms with Crippen LogP contribution in [-0.2, 0) is 32.6 Å². The molecule has 2 aliphatic rings. The molecule has 0 bridgehead atoms. The predicted molar refractivity (Wildman–Crippen MR) is 150 cm³/mol. The van der Waals surface area contributed by atoms with Gasteiger partial charge in [0.1, 0.15) is 11.4 Å². The maximum Gasteiger partial charge on any atom is 0.248 e. The summed E-state index contributed by atoms with van der Waals surface area (Å²) in [5.41, 5.74) is 5.73. The number of nitrogens with zero attached hydrogens (tertiary/aromatic N) is 4. The van der Waals surface area contributed by atoms with Crippen molar-refractivity contribution in [3.8, 4) is 0 Å². The van der Waals surface area contributed by atoms with E-state index in [-0.39, 0.29) is 29.8 Å². The molecule has 5 rings (SSSR count). The summed E-state index contributed by atoms with van der Waals surface area (Å²) in [6.45, 7) is 8.34. The second kappa shape index (κ2) is 10.6. The number of piperidine rings is 1. The van der Waals surface area contributed by atoms with Gasteiger partial charge >= 0.3 is 0 Å². The summed E-state index contributed by atoms with van der Waals surface area (Å²) < 4.78 is 30.5. The smallest absolute Gasteiger partial charge is 0.248 e. The van der Waals surface area contributed by atoms with Gasteiger partial charge in [-0.2, -0.15) is 9.40 Å². The summed E-state index contributed by atoms with van der Waals surface area (Å²) in [5, 5.41) is 7.40. The first kappa shape index (κ1) is 27.1.